The van der Waals surface area contributed by atoms with E-state index in [1.165, 1.54) is 15.9 Å². The molecule has 0 aliphatic carbocycles. The van der Waals surface area contributed by atoms with Gasteiger partial charge in [-0.1, -0.05) is 54.6 Å². The third-order valence-corrected chi connectivity index (χ3v) is 8.55. The molecule has 232 valence electrons. The van der Waals surface area contributed by atoms with Crippen LogP contribution in [-0.4, -0.2) is 35.2 Å². The van der Waals surface area contributed by atoms with Crippen molar-refractivity contribution in [1.29, 1.82) is 0 Å². The molecule has 0 fully saturated rings. The van der Waals surface area contributed by atoms with E-state index in [4.69, 9.17) is 0 Å². The van der Waals surface area contributed by atoms with E-state index in [-0.39, 0.29) is 0 Å². The summed E-state index contributed by atoms with van der Waals surface area (Å²) in [4.78, 5) is 0. The summed E-state index contributed by atoms with van der Waals surface area (Å²) >= 11 is 0. The Labute approximate surface area is 225 Å². The Morgan fingerprint density at radius 2 is 0.512 bits per heavy atom. The van der Waals surface area contributed by atoms with E-state index in [0.29, 0.717) is 0 Å². The van der Waals surface area contributed by atoms with E-state index in [2.05, 4.69) is 97.9 Å². The zero-order valence-corrected chi connectivity index (χ0v) is 21.6. The van der Waals surface area contributed by atoms with Crippen LogP contribution in [0.3, 0.4) is 0 Å². The van der Waals surface area contributed by atoms with Gasteiger partial charge in [0.1, 0.15) is 23.2 Å². The van der Waals surface area contributed by atoms with E-state index >= 15 is 0 Å². The number of benzene rings is 3. The molecule has 0 atom stereocenters. The predicted molar refractivity (Wildman–Crippen MR) is 136 cm³/mol. The first-order valence-electron chi connectivity index (χ1n) is 10.9. The topological polar surface area (TPSA) is 0 Å². The summed E-state index contributed by atoms with van der Waals surface area (Å²) in [6.45, 7) is 2.32. The van der Waals surface area contributed by atoms with E-state index < -0.39 is 36.3 Å². The van der Waals surface area contributed by atoms with Gasteiger partial charge < -0.3 is 69.1 Å². The summed E-state index contributed by atoms with van der Waals surface area (Å²) in [6, 6.07) is 33.0. The lowest BCUT2D eigenvalue weighted by atomic mass is 10.3. The molecule has 0 amide bonds. The highest BCUT2D eigenvalue weighted by atomic mass is 31.2. The minimum Gasteiger partial charge on any atom is -0.418 e. The molecule has 0 aromatic heterocycles. The highest BCUT2D eigenvalue weighted by Gasteiger charge is 2.43. The van der Waals surface area contributed by atoms with Gasteiger partial charge in [-0.3, -0.25) is 0 Å². The first kappa shape index (κ1) is 40.4. The number of hydrogen-bond donors (Lipinski definition) is 0. The van der Waals surface area contributed by atoms with Crippen LogP contribution < -0.4 is 15.9 Å². The second-order valence-electron chi connectivity index (χ2n) is 7.11. The molecule has 0 heterocycles. The van der Waals surface area contributed by atoms with E-state index in [0.717, 1.165) is 6.16 Å². The third kappa shape index (κ3) is 25.9. The van der Waals surface area contributed by atoms with Crippen LogP contribution in [0.5, 0.6) is 0 Å². The van der Waals surface area contributed by atoms with Crippen LogP contribution in [-0.2, 0) is 0 Å². The number of rotatable bonds is 4. The Morgan fingerprint density at radius 3 is 0.634 bits per heavy atom. The number of hydrogen-bond acceptors (Lipinski definition) is 0. The smallest absolute Gasteiger partial charge is 0.418 e. The van der Waals surface area contributed by atoms with Gasteiger partial charge in [0.2, 0.25) is 0 Å². The van der Waals surface area contributed by atoms with Crippen molar-refractivity contribution < 1.29 is 69.1 Å². The zero-order valence-electron chi connectivity index (χ0n) is 20.7. The van der Waals surface area contributed by atoms with E-state index in [1.54, 1.807) is 0 Å². The Morgan fingerprint density at radius 1 is 0.366 bits per heavy atom. The average Bonchev–Trinajstić information content (AvgIpc) is 2.78. The lowest BCUT2D eigenvalue weighted by molar-refractivity contribution is 0.366. The highest BCUT2D eigenvalue weighted by Crippen LogP contribution is 2.54. The summed E-state index contributed by atoms with van der Waals surface area (Å²) in [5, 5.41) is 4.39. The fourth-order valence-corrected chi connectivity index (χ4v) is 7.08. The lowest BCUT2D eigenvalue weighted by Gasteiger charge is -2.26. The van der Waals surface area contributed by atoms with Crippen LogP contribution in [0, 0.1) is 0 Å². The van der Waals surface area contributed by atoms with Gasteiger partial charge in [0.25, 0.3) is 0 Å². The lowest BCUT2D eigenvalue weighted by Crippen LogP contribution is -2.32. The van der Waals surface area contributed by atoms with Crippen LogP contribution in [0.25, 0.3) is 0 Å². The van der Waals surface area contributed by atoms with Crippen molar-refractivity contribution >= 4 is 52.2 Å². The van der Waals surface area contributed by atoms with Gasteiger partial charge in [0.15, 0.2) is 0 Å². The molecule has 0 aliphatic rings. The SMILES string of the molecule is CC[P+](c1ccccc1)(c1ccccc1)c1ccccc1.F[B-](F)(F)F.F[B-](F)(F)F.F[B-](F)(F)F.F[B-](F)(F)F. The monoisotopic (exact) mass is 639 g/mol. The van der Waals surface area contributed by atoms with Crippen LogP contribution in [0.1, 0.15) is 6.92 Å². The molecule has 41 heavy (non-hydrogen) atoms. The minimum atomic E-state index is -6.00. The van der Waals surface area contributed by atoms with Crippen molar-refractivity contribution in [3.8, 4) is 0 Å². The van der Waals surface area contributed by atoms with Crippen molar-refractivity contribution in [3.05, 3.63) is 91.0 Å². The van der Waals surface area contributed by atoms with E-state index in [9.17, 15) is 69.1 Å². The Kier molecular flexibility index (Phi) is 17.6. The fraction of sp³-hybridized carbons (Fsp3) is 0.100. The van der Waals surface area contributed by atoms with Gasteiger partial charge >= 0.3 is 29.0 Å². The minimum absolute atomic E-state index is 1.14. The molecule has 3 aromatic rings. The molecular formula is C20H20B4F16P-3. The van der Waals surface area contributed by atoms with Crippen molar-refractivity contribution in [2.45, 2.75) is 6.92 Å². The normalized spacial score (nSPS) is 11.6. The van der Waals surface area contributed by atoms with Gasteiger partial charge in [0, 0.05) is 0 Å². The predicted octanol–water partition coefficient (Wildman–Crippen LogP) is 9.20. The molecule has 0 bridgehead atoms. The molecule has 0 N–H and O–H groups in total. The zero-order chi connectivity index (χ0) is 32.5. The van der Waals surface area contributed by atoms with Gasteiger partial charge in [0.05, 0.1) is 6.16 Å². The molecule has 0 radical (unpaired) electrons. The largest absolute Gasteiger partial charge is 0.673 e. The quantitative estimate of drug-likeness (QED) is 0.152. The standard InChI is InChI=1S/C20H20P.4BF4/c1-2-21(18-12-6-3-7-13-18,19-14-8-4-9-15-19)20-16-10-5-11-17-20;4*2-1(3,4)5/h3-17H,2H2,1H3;;;;/q+1;4*-1. The van der Waals surface area contributed by atoms with Crippen LogP contribution in [0.4, 0.5) is 69.1 Å². The summed E-state index contributed by atoms with van der Waals surface area (Å²) in [5.74, 6) is 0. The molecular weight excluding hydrogens is 618 g/mol. The molecule has 3 rings (SSSR count). The van der Waals surface area contributed by atoms with Crippen LogP contribution in [0.2, 0.25) is 0 Å². The molecule has 0 saturated carbocycles. The average molecular weight is 639 g/mol. The first-order valence-corrected chi connectivity index (χ1v) is 12.9. The van der Waals surface area contributed by atoms with Gasteiger partial charge in [-0.2, -0.15) is 0 Å². The van der Waals surface area contributed by atoms with Crippen LogP contribution in [0.15, 0.2) is 91.0 Å². The maximum Gasteiger partial charge on any atom is 0.673 e. The van der Waals surface area contributed by atoms with Gasteiger partial charge in [-0.25, -0.2) is 0 Å². The number of halogens is 16. The van der Waals surface area contributed by atoms with Gasteiger partial charge in [-0.15, -0.1) is 0 Å². The Hall–Kier alpha value is -2.77. The molecule has 3 aromatic carbocycles. The molecule has 21 heteroatoms. The molecule has 0 aliphatic heterocycles. The summed E-state index contributed by atoms with van der Waals surface area (Å²) in [5.41, 5.74) is 0. The fourth-order valence-electron chi connectivity index (χ4n) is 3.04. The van der Waals surface area contributed by atoms with Gasteiger partial charge in [-0.05, 0) is 43.3 Å². The highest BCUT2D eigenvalue weighted by molar-refractivity contribution is 7.95. The van der Waals surface area contributed by atoms with Crippen molar-refractivity contribution in [1.82, 2.24) is 0 Å². The summed E-state index contributed by atoms with van der Waals surface area (Å²) in [6.07, 6.45) is 1.14. The van der Waals surface area contributed by atoms with Crippen molar-refractivity contribution in [2.75, 3.05) is 6.16 Å². The Bertz CT molecular complexity index is 892. The maximum absolute atomic E-state index is 9.75. The van der Waals surface area contributed by atoms with Crippen LogP contribution >= 0.6 is 7.26 Å². The second kappa shape index (κ2) is 17.9. The molecule has 0 saturated heterocycles. The molecule has 0 nitrogen and oxygen atoms in total. The van der Waals surface area contributed by atoms with Crippen molar-refractivity contribution in [3.63, 3.8) is 0 Å². The molecule has 0 unspecified atom stereocenters. The Balaban J connectivity index is 0. The second-order valence-corrected chi connectivity index (χ2v) is 10.9. The molecule has 0 spiro atoms. The first-order chi connectivity index (χ1) is 18.4. The summed E-state index contributed by atoms with van der Waals surface area (Å²) in [7, 11) is -25.5. The maximum atomic E-state index is 9.75. The van der Waals surface area contributed by atoms with Crippen molar-refractivity contribution in [2.24, 2.45) is 0 Å². The van der Waals surface area contributed by atoms with E-state index in [1.807, 2.05) is 0 Å². The summed E-state index contributed by atoms with van der Waals surface area (Å²) < 4.78 is 156. The third-order valence-electron chi connectivity index (χ3n) is 4.07.